The predicted octanol–water partition coefficient (Wildman–Crippen LogP) is 4.81. The minimum absolute atomic E-state index is 0.0378. The number of hydrogen-bond donors (Lipinski definition) is 2. The van der Waals surface area contributed by atoms with Crippen LogP contribution in [0.15, 0.2) is 36.4 Å². The van der Waals surface area contributed by atoms with Gasteiger partial charge in [-0.2, -0.15) is 0 Å². The quantitative estimate of drug-likeness (QED) is 0.741. The summed E-state index contributed by atoms with van der Waals surface area (Å²) in [6.45, 7) is 1.80. The van der Waals surface area contributed by atoms with Gasteiger partial charge in [-0.1, -0.05) is 53.0 Å². The molecule has 2 aromatic carbocycles. The molecule has 2 amide bonds. The Hall–Kier alpha value is -1.75. The zero-order chi connectivity index (χ0) is 18.8. The first-order chi connectivity index (χ1) is 12.4. The van der Waals surface area contributed by atoms with E-state index < -0.39 is 0 Å². The summed E-state index contributed by atoms with van der Waals surface area (Å²) in [5.41, 5.74) is 2.39. The van der Waals surface area contributed by atoms with E-state index in [4.69, 9.17) is 34.8 Å². The number of carbonyl (C=O) groups excluding carboxylic acids is 2. The summed E-state index contributed by atoms with van der Waals surface area (Å²) >= 11 is 18.3. The predicted molar refractivity (Wildman–Crippen MR) is 105 cm³/mol. The Labute approximate surface area is 166 Å². The van der Waals surface area contributed by atoms with Crippen LogP contribution in [0.5, 0.6) is 0 Å². The smallest absolute Gasteiger partial charge is 0.243 e. The van der Waals surface area contributed by atoms with Crippen molar-refractivity contribution in [1.82, 2.24) is 5.32 Å². The van der Waals surface area contributed by atoms with Crippen LogP contribution in [0.2, 0.25) is 15.1 Å². The summed E-state index contributed by atoms with van der Waals surface area (Å²) in [4.78, 5) is 24.3. The third kappa shape index (κ3) is 4.32. The number of anilines is 1. The lowest BCUT2D eigenvalue weighted by atomic mass is 10.1. The van der Waals surface area contributed by atoms with Crippen molar-refractivity contribution in [3.8, 4) is 0 Å². The number of benzene rings is 2. The molecule has 3 rings (SSSR count). The number of nitrogens with one attached hydrogen (secondary N) is 2. The molecule has 2 aromatic rings. The van der Waals surface area contributed by atoms with Crippen LogP contribution in [0.4, 0.5) is 5.69 Å². The lowest BCUT2D eigenvalue weighted by Gasteiger charge is -2.09. The van der Waals surface area contributed by atoms with Crippen molar-refractivity contribution in [3.05, 3.63) is 62.6 Å². The summed E-state index contributed by atoms with van der Waals surface area (Å²) in [5.74, 6) is -0.657. The molecule has 2 atom stereocenters. The molecule has 1 fully saturated rings. The Kier molecular flexibility index (Phi) is 5.76. The van der Waals surface area contributed by atoms with E-state index in [-0.39, 0.29) is 30.2 Å². The molecule has 7 heteroatoms. The van der Waals surface area contributed by atoms with E-state index in [0.717, 1.165) is 11.1 Å². The highest BCUT2D eigenvalue weighted by Crippen LogP contribution is 2.50. The second-order valence-corrected chi connectivity index (χ2v) is 7.53. The molecule has 0 radical (unpaired) electrons. The van der Waals surface area contributed by atoms with Crippen molar-refractivity contribution in [3.63, 3.8) is 0 Å². The Morgan fingerprint density at radius 1 is 1.12 bits per heavy atom. The highest BCUT2D eigenvalue weighted by atomic mass is 35.5. The second kappa shape index (κ2) is 7.87. The first kappa shape index (κ1) is 19.0. The van der Waals surface area contributed by atoms with Crippen molar-refractivity contribution in [2.45, 2.75) is 19.3 Å². The summed E-state index contributed by atoms with van der Waals surface area (Å²) in [5, 5.41) is 6.77. The average Bonchev–Trinajstić information content (AvgIpc) is 3.38. The average molecular weight is 412 g/mol. The zero-order valence-corrected chi connectivity index (χ0v) is 16.3. The van der Waals surface area contributed by atoms with Gasteiger partial charge in [-0.05, 0) is 48.6 Å². The molecule has 2 N–H and O–H groups in total. The van der Waals surface area contributed by atoms with Crippen LogP contribution in [0, 0.1) is 12.8 Å². The van der Waals surface area contributed by atoms with Crippen LogP contribution in [0.3, 0.4) is 0 Å². The highest BCUT2D eigenvalue weighted by Gasteiger charge is 2.45. The van der Waals surface area contributed by atoms with Crippen LogP contribution in [-0.4, -0.2) is 18.4 Å². The number of halogens is 3. The topological polar surface area (TPSA) is 58.2 Å². The first-order valence-corrected chi connectivity index (χ1v) is 9.28. The van der Waals surface area contributed by atoms with Crippen molar-refractivity contribution in [2.24, 2.45) is 5.92 Å². The van der Waals surface area contributed by atoms with Gasteiger partial charge in [0.1, 0.15) is 0 Å². The molecule has 0 aliphatic heterocycles. The largest absolute Gasteiger partial charge is 0.347 e. The Morgan fingerprint density at radius 3 is 2.62 bits per heavy atom. The number of hydrogen-bond acceptors (Lipinski definition) is 2. The van der Waals surface area contributed by atoms with E-state index in [1.165, 1.54) is 0 Å². The van der Waals surface area contributed by atoms with Crippen molar-refractivity contribution in [1.29, 1.82) is 0 Å². The number of carbonyl (C=O) groups is 2. The fourth-order valence-electron chi connectivity index (χ4n) is 2.85. The molecule has 1 aliphatic carbocycles. The second-order valence-electron chi connectivity index (χ2n) is 6.34. The van der Waals surface area contributed by atoms with Gasteiger partial charge in [0, 0.05) is 5.92 Å². The monoisotopic (exact) mass is 410 g/mol. The van der Waals surface area contributed by atoms with Crippen molar-refractivity contribution >= 4 is 52.3 Å². The van der Waals surface area contributed by atoms with Crippen molar-refractivity contribution < 1.29 is 9.59 Å². The Balaban J connectivity index is 1.52. The van der Waals surface area contributed by atoms with Crippen LogP contribution in [0.25, 0.3) is 0 Å². The molecule has 136 valence electrons. The third-order valence-corrected chi connectivity index (χ3v) is 5.48. The molecule has 0 heterocycles. The van der Waals surface area contributed by atoms with Gasteiger partial charge in [-0.15, -0.1) is 0 Å². The number of rotatable bonds is 5. The van der Waals surface area contributed by atoms with E-state index in [2.05, 4.69) is 10.6 Å². The van der Waals surface area contributed by atoms with Gasteiger partial charge in [0.2, 0.25) is 11.8 Å². The zero-order valence-electron chi connectivity index (χ0n) is 14.0. The van der Waals surface area contributed by atoms with E-state index in [1.807, 2.05) is 25.1 Å². The van der Waals surface area contributed by atoms with Gasteiger partial charge < -0.3 is 10.6 Å². The van der Waals surface area contributed by atoms with Crippen LogP contribution < -0.4 is 10.6 Å². The molecular weight excluding hydrogens is 395 g/mol. The fraction of sp³-hybridized carbons (Fsp3) is 0.263. The molecule has 26 heavy (non-hydrogen) atoms. The van der Waals surface area contributed by atoms with Gasteiger partial charge in [-0.25, -0.2) is 0 Å². The maximum atomic E-state index is 12.3. The molecule has 0 saturated heterocycles. The molecule has 1 aliphatic rings. The lowest BCUT2D eigenvalue weighted by molar-refractivity contribution is -0.125. The van der Waals surface area contributed by atoms with E-state index in [1.54, 1.807) is 18.2 Å². The summed E-state index contributed by atoms with van der Waals surface area (Å²) in [7, 11) is 0. The number of amides is 2. The van der Waals surface area contributed by atoms with Gasteiger partial charge in [-0.3, -0.25) is 9.59 Å². The minimum atomic E-state index is -0.331. The molecule has 0 aromatic heterocycles. The summed E-state index contributed by atoms with van der Waals surface area (Å²) in [6, 6.07) is 10.7. The van der Waals surface area contributed by atoms with Crippen LogP contribution in [0.1, 0.15) is 23.5 Å². The molecule has 1 saturated carbocycles. The van der Waals surface area contributed by atoms with Gasteiger partial charge in [0.05, 0.1) is 27.3 Å². The summed E-state index contributed by atoms with van der Waals surface area (Å²) < 4.78 is 0. The van der Waals surface area contributed by atoms with Crippen molar-refractivity contribution in [2.75, 3.05) is 11.9 Å². The van der Waals surface area contributed by atoms with Gasteiger partial charge in [0.25, 0.3) is 0 Å². The van der Waals surface area contributed by atoms with Crippen LogP contribution >= 0.6 is 34.8 Å². The van der Waals surface area contributed by atoms with Gasteiger partial charge in [0.15, 0.2) is 0 Å². The summed E-state index contributed by atoms with van der Waals surface area (Å²) in [6.07, 6.45) is 0.692. The first-order valence-electron chi connectivity index (χ1n) is 8.14. The molecule has 0 spiro atoms. The normalized spacial score (nSPS) is 18.3. The Morgan fingerprint density at radius 2 is 1.88 bits per heavy atom. The highest BCUT2D eigenvalue weighted by molar-refractivity contribution is 6.42. The van der Waals surface area contributed by atoms with E-state index in [9.17, 15) is 9.59 Å². The SMILES string of the molecule is Cc1ccc(NC(=O)CNC(=O)C2CC2c2cccc(Cl)c2Cl)c(Cl)c1. The van der Waals surface area contributed by atoms with Gasteiger partial charge >= 0.3 is 0 Å². The standard InChI is InChI=1S/C19H17Cl3N2O2/c1-10-5-6-16(15(21)7-10)24-17(25)9-23-19(26)13-8-12(13)11-3-2-4-14(20)18(11)22/h2-7,12-13H,8-9H2,1H3,(H,23,26)(H,24,25). The maximum Gasteiger partial charge on any atom is 0.243 e. The fourth-order valence-corrected chi connectivity index (χ4v) is 3.58. The number of aryl methyl sites for hydroxylation is 1. The molecule has 2 unspecified atom stereocenters. The molecule has 4 nitrogen and oxygen atoms in total. The lowest BCUT2D eigenvalue weighted by Crippen LogP contribution is -2.34. The third-order valence-electron chi connectivity index (χ3n) is 4.33. The minimum Gasteiger partial charge on any atom is -0.347 e. The maximum absolute atomic E-state index is 12.3. The van der Waals surface area contributed by atoms with E-state index in [0.29, 0.717) is 27.2 Å². The van der Waals surface area contributed by atoms with Crippen LogP contribution in [-0.2, 0) is 9.59 Å². The molecule has 0 bridgehead atoms. The molecular formula is C19H17Cl3N2O2. The van der Waals surface area contributed by atoms with E-state index >= 15 is 0 Å². The Bertz CT molecular complexity index is 870.